The maximum Gasteiger partial charge on any atom is 0.241 e. The first-order chi connectivity index (χ1) is 10.9. The molecule has 4 nitrogen and oxygen atoms in total. The fourth-order valence-electron chi connectivity index (χ4n) is 1.92. The predicted octanol–water partition coefficient (Wildman–Crippen LogP) is 3.64. The summed E-state index contributed by atoms with van der Waals surface area (Å²) >= 11 is 23.6. The average molecular weight is 389 g/mol. The molecule has 0 saturated carbocycles. The minimum absolute atomic E-state index is 0.310. The summed E-state index contributed by atoms with van der Waals surface area (Å²) in [4.78, 5) is 12.1. The van der Waals surface area contributed by atoms with Crippen molar-refractivity contribution in [1.29, 1.82) is 0 Å². The van der Waals surface area contributed by atoms with Crippen molar-refractivity contribution in [2.75, 3.05) is 0 Å². The van der Waals surface area contributed by atoms with Crippen LogP contribution in [0.1, 0.15) is 17.2 Å². The van der Waals surface area contributed by atoms with Gasteiger partial charge in [0.05, 0.1) is 5.02 Å². The maximum absolute atomic E-state index is 11.8. The number of hydrogen-bond donors (Lipinski definition) is 3. The normalized spacial score (nSPS) is 11.8. The highest BCUT2D eigenvalue weighted by Crippen LogP contribution is 2.30. The molecule has 2 rings (SSSR count). The number of primary amides is 1. The van der Waals surface area contributed by atoms with E-state index in [1.54, 1.807) is 42.5 Å². The Bertz CT molecular complexity index is 734. The molecular formula is C15H12Cl3N3OS. The molecule has 8 heteroatoms. The second kappa shape index (κ2) is 7.95. The Morgan fingerprint density at radius 1 is 1.00 bits per heavy atom. The van der Waals surface area contributed by atoms with Gasteiger partial charge in [0, 0.05) is 21.2 Å². The van der Waals surface area contributed by atoms with E-state index in [4.69, 9.17) is 52.8 Å². The third-order valence-corrected chi connectivity index (χ3v) is 4.33. The van der Waals surface area contributed by atoms with Crippen LogP contribution in [-0.2, 0) is 4.79 Å². The SMILES string of the molecule is NC(=O)C(NNC(=S)c1ccccc1Cl)c1c(Cl)cccc1Cl. The Morgan fingerprint density at radius 2 is 1.57 bits per heavy atom. The molecule has 4 N–H and O–H groups in total. The number of benzene rings is 2. The Hall–Kier alpha value is -1.37. The van der Waals surface area contributed by atoms with Gasteiger partial charge < -0.3 is 11.2 Å². The number of hydrogen-bond acceptors (Lipinski definition) is 3. The topological polar surface area (TPSA) is 67.2 Å². The lowest BCUT2D eigenvalue weighted by atomic mass is 10.1. The monoisotopic (exact) mass is 387 g/mol. The molecule has 0 bridgehead atoms. The summed E-state index contributed by atoms with van der Waals surface area (Å²) in [6, 6.07) is 11.0. The van der Waals surface area contributed by atoms with Crippen LogP contribution in [-0.4, -0.2) is 10.9 Å². The molecule has 1 atom stereocenters. The van der Waals surface area contributed by atoms with Gasteiger partial charge in [0.1, 0.15) is 11.0 Å². The first-order valence-electron chi connectivity index (χ1n) is 6.45. The van der Waals surface area contributed by atoms with Crippen molar-refractivity contribution in [1.82, 2.24) is 10.9 Å². The summed E-state index contributed by atoms with van der Waals surface area (Å²) in [5.74, 6) is -0.658. The molecule has 0 radical (unpaired) electrons. The molecule has 1 amide bonds. The molecule has 1 unspecified atom stereocenters. The summed E-state index contributed by atoms with van der Waals surface area (Å²) in [6.07, 6.45) is 0. The van der Waals surface area contributed by atoms with Crippen molar-refractivity contribution < 1.29 is 4.79 Å². The van der Waals surface area contributed by atoms with Crippen LogP contribution >= 0.6 is 47.0 Å². The van der Waals surface area contributed by atoms with E-state index in [1.807, 2.05) is 0 Å². The van der Waals surface area contributed by atoms with E-state index >= 15 is 0 Å². The van der Waals surface area contributed by atoms with E-state index in [0.29, 0.717) is 31.2 Å². The Morgan fingerprint density at radius 3 is 2.13 bits per heavy atom. The quantitative estimate of drug-likeness (QED) is 0.540. The third kappa shape index (κ3) is 4.34. The molecule has 0 aromatic heterocycles. The highest BCUT2D eigenvalue weighted by Gasteiger charge is 2.23. The number of carbonyl (C=O) groups is 1. The molecule has 0 aliphatic carbocycles. The first-order valence-corrected chi connectivity index (χ1v) is 7.99. The molecule has 0 saturated heterocycles. The van der Waals surface area contributed by atoms with Crippen LogP contribution in [0.15, 0.2) is 42.5 Å². The van der Waals surface area contributed by atoms with Crippen molar-refractivity contribution in [2.24, 2.45) is 5.73 Å². The highest BCUT2D eigenvalue weighted by atomic mass is 35.5. The van der Waals surface area contributed by atoms with Gasteiger partial charge in [-0.3, -0.25) is 4.79 Å². The highest BCUT2D eigenvalue weighted by molar-refractivity contribution is 7.80. The van der Waals surface area contributed by atoms with Gasteiger partial charge in [0.2, 0.25) is 5.91 Å². The third-order valence-electron chi connectivity index (χ3n) is 3.02. The van der Waals surface area contributed by atoms with Crippen LogP contribution in [0, 0.1) is 0 Å². The summed E-state index contributed by atoms with van der Waals surface area (Å²) in [5.41, 5.74) is 11.9. The number of nitrogens with two attached hydrogens (primary N) is 1. The van der Waals surface area contributed by atoms with Crippen molar-refractivity contribution in [3.63, 3.8) is 0 Å². The van der Waals surface area contributed by atoms with Gasteiger partial charge in [0.25, 0.3) is 0 Å². The largest absolute Gasteiger partial charge is 0.368 e. The van der Waals surface area contributed by atoms with Crippen LogP contribution in [0.2, 0.25) is 15.1 Å². The number of halogens is 3. The minimum atomic E-state index is -0.961. The van der Waals surface area contributed by atoms with Gasteiger partial charge in [0.15, 0.2) is 0 Å². The van der Waals surface area contributed by atoms with E-state index in [1.165, 1.54) is 0 Å². The Labute approximate surface area is 153 Å². The van der Waals surface area contributed by atoms with E-state index in [-0.39, 0.29) is 0 Å². The standard InChI is InChI=1S/C15H12Cl3N3OS/c16-9-5-2-1-4-8(9)15(23)21-20-13(14(19)22)12-10(17)6-3-7-11(12)18/h1-7,13,20H,(H2,19,22)(H,21,23). The van der Waals surface area contributed by atoms with Crippen molar-refractivity contribution in [2.45, 2.75) is 6.04 Å². The lowest BCUT2D eigenvalue weighted by molar-refractivity contribution is -0.120. The van der Waals surface area contributed by atoms with Gasteiger partial charge in [-0.25, -0.2) is 5.43 Å². The van der Waals surface area contributed by atoms with E-state index in [0.717, 1.165) is 0 Å². The Kier molecular flexibility index (Phi) is 6.21. The molecule has 23 heavy (non-hydrogen) atoms. The number of nitrogens with one attached hydrogen (secondary N) is 2. The van der Waals surface area contributed by atoms with E-state index in [9.17, 15) is 4.79 Å². The average Bonchev–Trinajstić information content (AvgIpc) is 2.50. The second-order valence-electron chi connectivity index (χ2n) is 4.55. The zero-order valence-corrected chi connectivity index (χ0v) is 14.7. The molecule has 2 aromatic carbocycles. The van der Waals surface area contributed by atoms with Crippen LogP contribution in [0.3, 0.4) is 0 Å². The fourth-order valence-corrected chi connectivity index (χ4v) is 3.06. The summed E-state index contributed by atoms with van der Waals surface area (Å²) < 4.78 is 0. The van der Waals surface area contributed by atoms with Crippen LogP contribution in [0.25, 0.3) is 0 Å². The number of thiocarbonyl (C=S) groups is 1. The lowest BCUT2D eigenvalue weighted by Gasteiger charge is -2.20. The molecule has 0 aliphatic rings. The van der Waals surface area contributed by atoms with Gasteiger partial charge in [-0.15, -0.1) is 0 Å². The van der Waals surface area contributed by atoms with Gasteiger partial charge in [-0.05, 0) is 18.2 Å². The number of hydrazine groups is 1. The predicted molar refractivity (Wildman–Crippen MR) is 97.8 cm³/mol. The smallest absolute Gasteiger partial charge is 0.241 e. The summed E-state index contributed by atoms with van der Waals surface area (Å²) in [5, 5.41) is 1.12. The molecule has 0 heterocycles. The summed E-state index contributed by atoms with van der Waals surface area (Å²) in [6.45, 7) is 0. The van der Waals surface area contributed by atoms with E-state index < -0.39 is 11.9 Å². The van der Waals surface area contributed by atoms with Crippen molar-refractivity contribution in [3.8, 4) is 0 Å². The van der Waals surface area contributed by atoms with Crippen LogP contribution < -0.4 is 16.6 Å². The van der Waals surface area contributed by atoms with Crippen LogP contribution in [0.5, 0.6) is 0 Å². The van der Waals surface area contributed by atoms with E-state index in [2.05, 4.69) is 10.9 Å². The molecule has 0 spiro atoms. The second-order valence-corrected chi connectivity index (χ2v) is 6.18. The molecule has 0 fully saturated rings. The number of carbonyl (C=O) groups excluding carboxylic acids is 1. The zero-order valence-electron chi connectivity index (χ0n) is 11.6. The fraction of sp³-hybridized carbons (Fsp3) is 0.0667. The van der Waals surface area contributed by atoms with Gasteiger partial charge >= 0.3 is 0 Å². The Balaban J connectivity index is 2.20. The van der Waals surface area contributed by atoms with Crippen molar-refractivity contribution in [3.05, 3.63) is 68.7 Å². The van der Waals surface area contributed by atoms with Crippen LogP contribution in [0.4, 0.5) is 0 Å². The number of amides is 1. The lowest BCUT2D eigenvalue weighted by Crippen LogP contribution is -2.45. The first kappa shape index (κ1) is 18.0. The summed E-state index contributed by atoms with van der Waals surface area (Å²) in [7, 11) is 0. The van der Waals surface area contributed by atoms with Crippen molar-refractivity contribution >= 4 is 57.9 Å². The molecular weight excluding hydrogens is 377 g/mol. The minimum Gasteiger partial charge on any atom is -0.368 e. The maximum atomic E-state index is 11.8. The van der Waals surface area contributed by atoms with Gasteiger partial charge in [-0.1, -0.05) is 71.3 Å². The number of rotatable bonds is 5. The molecule has 2 aromatic rings. The molecule has 120 valence electrons. The molecule has 0 aliphatic heterocycles. The zero-order chi connectivity index (χ0) is 17.0. The van der Waals surface area contributed by atoms with Gasteiger partial charge in [-0.2, -0.15) is 0 Å².